The number of rotatable bonds is 10. The number of carbonyl (C=O) groups is 3. The van der Waals surface area contributed by atoms with Crippen LogP contribution in [0.3, 0.4) is 0 Å². The van der Waals surface area contributed by atoms with E-state index in [0.29, 0.717) is 6.54 Å². The Labute approximate surface area is 220 Å². The van der Waals surface area contributed by atoms with Gasteiger partial charge >= 0.3 is 6.09 Å². The van der Waals surface area contributed by atoms with Gasteiger partial charge in [0.05, 0.1) is 0 Å². The summed E-state index contributed by atoms with van der Waals surface area (Å²) in [5.74, 6) is -0.544. The first-order valence-corrected chi connectivity index (χ1v) is 12.7. The number of hydrogen-bond donors (Lipinski definition) is 3. The molecule has 202 valence electrons. The van der Waals surface area contributed by atoms with Crippen LogP contribution in [0.1, 0.15) is 56.4 Å². The monoisotopic (exact) mass is 511 g/mol. The second kappa shape index (κ2) is 13.1. The van der Waals surface area contributed by atoms with E-state index in [0.717, 1.165) is 29.5 Å². The molecule has 2 rings (SSSR count). The Hall–Kier alpha value is -3.55. The lowest BCUT2D eigenvalue weighted by Gasteiger charge is -2.30. The molecular weight excluding hydrogens is 470 g/mol. The number of amides is 3. The average Bonchev–Trinajstić information content (AvgIpc) is 2.81. The molecule has 8 nitrogen and oxygen atoms in total. The van der Waals surface area contributed by atoms with Gasteiger partial charge in [-0.1, -0.05) is 30.3 Å². The fraction of sp³-hybridized carbons (Fsp3) is 0.483. The lowest BCUT2D eigenvalue weighted by molar-refractivity contribution is -0.139. The van der Waals surface area contributed by atoms with Gasteiger partial charge in [-0.25, -0.2) is 4.79 Å². The van der Waals surface area contributed by atoms with Crippen LogP contribution in [-0.2, 0) is 27.2 Å². The molecule has 0 aliphatic carbocycles. The van der Waals surface area contributed by atoms with E-state index in [-0.39, 0.29) is 18.1 Å². The zero-order chi connectivity index (χ0) is 27.8. The quantitative estimate of drug-likeness (QED) is 0.417. The van der Waals surface area contributed by atoms with Crippen molar-refractivity contribution in [1.29, 1.82) is 0 Å². The highest BCUT2D eigenvalue weighted by Crippen LogP contribution is 2.23. The first-order chi connectivity index (χ1) is 17.3. The number of aryl methyl sites for hydroxylation is 3. The Bertz CT molecular complexity index is 1060. The van der Waals surface area contributed by atoms with E-state index in [4.69, 9.17) is 4.74 Å². The van der Waals surface area contributed by atoms with E-state index in [9.17, 15) is 19.5 Å². The van der Waals surface area contributed by atoms with E-state index < -0.39 is 29.7 Å². The molecule has 0 saturated carbocycles. The van der Waals surface area contributed by atoms with E-state index in [1.54, 1.807) is 46.9 Å². The number of phenols is 1. The van der Waals surface area contributed by atoms with E-state index in [2.05, 4.69) is 10.6 Å². The summed E-state index contributed by atoms with van der Waals surface area (Å²) in [7, 11) is 1.55. The number of nitrogens with zero attached hydrogens (tertiary/aromatic N) is 1. The van der Waals surface area contributed by atoms with Gasteiger partial charge in [0.15, 0.2) is 0 Å². The molecule has 0 radical (unpaired) electrons. The van der Waals surface area contributed by atoms with Crippen LogP contribution in [0.25, 0.3) is 0 Å². The Kier molecular flexibility index (Phi) is 10.5. The van der Waals surface area contributed by atoms with Crippen molar-refractivity contribution < 1.29 is 24.2 Å². The van der Waals surface area contributed by atoms with E-state index in [1.165, 1.54) is 10.5 Å². The summed E-state index contributed by atoms with van der Waals surface area (Å²) >= 11 is 0. The second-order valence-corrected chi connectivity index (χ2v) is 10.5. The molecule has 2 aromatic carbocycles. The highest BCUT2D eigenvalue weighted by Gasteiger charge is 2.31. The molecule has 0 aromatic heterocycles. The number of ether oxygens (including phenoxy) is 1. The number of nitrogens with one attached hydrogen (secondary N) is 2. The van der Waals surface area contributed by atoms with Crippen LogP contribution in [0.4, 0.5) is 4.79 Å². The largest absolute Gasteiger partial charge is 0.508 e. The molecular formula is C29H41N3O5. The zero-order valence-electron chi connectivity index (χ0n) is 23.1. The number of alkyl carbamates (subject to hydrolysis) is 1. The van der Waals surface area contributed by atoms with Gasteiger partial charge in [-0.15, -0.1) is 0 Å². The Balaban J connectivity index is 2.09. The van der Waals surface area contributed by atoms with Gasteiger partial charge < -0.3 is 25.4 Å². The Morgan fingerprint density at radius 1 is 1.05 bits per heavy atom. The fourth-order valence-corrected chi connectivity index (χ4v) is 4.06. The van der Waals surface area contributed by atoms with Crippen LogP contribution in [0, 0.1) is 13.8 Å². The highest BCUT2D eigenvalue weighted by atomic mass is 16.6. The maximum Gasteiger partial charge on any atom is 0.408 e. The third kappa shape index (κ3) is 9.44. The molecule has 0 aliphatic rings. The lowest BCUT2D eigenvalue weighted by Crippen LogP contribution is -2.54. The number of likely N-dealkylation sites (N-methyl/N-ethyl adjacent to an activating group) is 1. The van der Waals surface area contributed by atoms with Crippen LogP contribution in [0.5, 0.6) is 5.75 Å². The summed E-state index contributed by atoms with van der Waals surface area (Å²) in [6, 6.07) is 11.6. The third-order valence-corrected chi connectivity index (χ3v) is 6.17. The van der Waals surface area contributed by atoms with Crippen LogP contribution >= 0.6 is 0 Å². The smallest absolute Gasteiger partial charge is 0.408 e. The topological polar surface area (TPSA) is 108 Å². The molecule has 2 aromatic rings. The number of aromatic hydroxyl groups is 1. The molecule has 0 heterocycles. The summed E-state index contributed by atoms with van der Waals surface area (Å²) in [4.78, 5) is 40.2. The molecule has 3 amide bonds. The molecule has 2 atom stereocenters. The minimum atomic E-state index is -0.963. The van der Waals surface area contributed by atoms with Crippen molar-refractivity contribution in [2.24, 2.45) is 0 Å². The molecule has 1 unspecified atom stereocenters. The maximum absolute atomic E-state index is 13.5. The zero-order valence-corrected chi connectivity index (χ0v) is 23.1. The van der Waals surface area contributed by atoms with Crippen molar-refractivity contribution >= 4 is 17.9 Å². The fourth-order valence-electron chi connectivity index (χ4n) is 4.06. The van der Waals surface area contributed by atoms with Gasteiger partial charge in [0, 0.05) is 20.0 Å². The average molecular weight is 512 g/mol. The van der Waals surface area contributed by atoms with Gasteiger partial charge in [0.25, 0.3) is 0 Å². The van der Waals surface area contributed by atoms with Crippen LogP contribution < -0.4 is 10.6 Å². The number of benzene rings is 2. The van der Waals surface area contributed by atoms with Crippen molar-refractivity contribution in [3.63, 3.8) is 0 Å². The van der Waals surface area contributed by atoms with Gasteiger partial charge in [-0.05, 0) is 88.8 Å². The molecule has 0 bridgehead atoms. The number of carbonyl (C=O) groups excluding carboxylic acids is 3. The normalized spacial score (nSPS) is 12.8. The van der Waals surface area contributed by atoms with Crippen molar-refractivity contribution in [2.45, 2.75) is 78.5 Å². The maximum atomic E-state index is 13.5. The summed E-state index contributed by atoms with van der Waals surface area (Å²) < 4.78 is 5.39. The van der Waals surface area contributed by atoms with Crippen LogP contribution in [0.2, 0.25) is 0 Å². The van der Waals surface area contributed by atoms with Crippen molar-refractivity contribution in [3.05, 3.63) is 64.7 Å². The molecule has 3 N–H and O–H groups in total. The van der Waals surface area contributed by atoms with Gasteiger partial charge in [-0.3, -0.25) is 9.59 Å². The molecule has 8 heteroatoms. The molecule has 0 spiro atoms. The molecule has 0 fully saturated rings. The minimum absolute atomic E-state index is 0.136. The summed E-state index contributed by atoms with van der Waals surface area (Å²) in [5, 5.41) is 15.5. The van der Waals surface area contributed by atoms with Crippen molar-refractivity contribution in [3.8, 4) is 5.75 Å². The number of hydrogen-bond acceptors (Lipinski definition) is 5. The lowest BCUT2D eigenvalue weighted by atomic mass is 9.95. The molecule has 0 aliphatic heterocycles. The molecule has 0 saturated heterocycles. The predicted molar refractivity (Wildman–Crippen MR) is 144 cm³/mol. The van der Waals surface area contributed by atoms with E-state index >= 15 is 0 Å². The van der Waals surface area contributed by atoms with Gasteiger partial charge in [-0.2, -0.15) is 0 Å². The number of phenolic OH excluding ortho intramolecular Hbond substituents is 1. The minimum Gasteiger partial charge on any atom is -0.508 e. The Morgan fingerprint density at radius 2 is 1.65 bits per heavy atom. The molecule has 37 heavy (non-hydrogen) atoms. The predicted octanol–water partition coefficient (Wildman–Crippen LogP) is 4.04. The van der Waals surface area contributed by atoms with Crippen LogP contribution in [-0.4, -0.2) is 59.2 Å². The standard InChI is InChI=1S/C29H41N3O5/c1-19-16-23(33)17-20(2)24(19)18-25(31-28(36)37-29(4,5)6)27(35)32(7)21(3)26(34)30-15-11-14-22-12-9-8-10-13-22/h8-10,12-13,16-17,21,25,33H,11,14-15,18H2,1-7H3,(H,30,34)(H,31,36)/t21-,25?/m1/s1. The van der Waals surface area contributed by atoms with Crippen LogP contribution in [0.15, 0.2) is 42.5 Å². The van der Waals surface area contributed by atoms with E-state index in [1.807, 2.05) is 44.2 Å². The van der Waals surface area contributed by atoms with Gasteiger partial charge in [0.2, 0.25) is 11.8 Å². The first-order valence-electron chi connectivity index (χ1n) is 12.7. The summed E-state index contributed by atoms with van der Waals surface area (Å²) in [6.45, 7) is 11.1. The van der Waals surface area contributed by atoms with Crippen molar-refractivity contribution in [1.82, 2.24) is 15.5 Å². The second-order valence-electron chi connectivity index (χ2n) is 10.5. The van der Waals surface area contributed by atoms with Crippen molar-refractivity contribution in [2.75, 3.05) is 13.6 Å². The third-order valence-electron chi connectivity index (χ3n) is 6.17. The Morgan fingerprint density at radius 3 is 2.22 bits per heavy atom. The SMILES string of the molecule is Cc1cc(O)cc(C)c1CC(NC(=O)OC(C)(C)C)C(=O)N(C)[C@H](C)C(=O)NCCCc1ccccc1. The highest BCUT2D eigenvalue weighted by molar-refractivity contribution is 5.91. The van der Waals surface area contributed by atoms with Gasteiger partial charge in [0.1, 0.15) is 23.4 Å². The summed E-state index contributed by atoms with van der Waals surface area (Å²) in [6.07, 6.45) is 1.09. The summed E-state index contributed by atoms with van der Waals surface area (Å²) in [5.41, 5.74) is 2.90. The first kappa shape index (κ1) is 29.7.